The van der Waals surface area contributed by atoms with E-state index in [1.54, 1.807) is 18.2 Å². The van der Waals surface area contributed by atoms with Crippen molar-refractivity contribution in [3.05, 3.63) is 65.8 Å². The van der Waals surface area contributed by atoms with Crippen LogP contribution in [0.1, 0.15) is 105 Å². The Morgan fingerprint density at radius 2 is 1.47 bits per heavy atom. The van der Waals surface area contributed by atoms with E-state index in [2.05, 4.69) is 31.2 Å². The van der Waals surface area contributed by atoms with E-state index in [0.29, 0.717) is 12.0 Å². The van der Waals surface area contributed by atoms with Crippen LogP contribution in [0.3, 0.4) is 0 Å². The summed E-state index contributed by atoms with van der Waals surface area (Å²) in [5.74, 6) is -0.733. The van der Waals surface area contributed by atoms with Crippen molar-refractivity contribution in [1.82, 2.24) is 0 Å². The summed E-state index contributed by atoms with van der Waals surface area (Å²) < 4.78 is 5.39. The molecule has 0 radical (unpaired) electrons. The van der Waals surface area contributed by atoms with Crippen molar-refractivity contribution in [1.29, 1.82) is 0 Å². The number of ether oxygens (including phenoxy) is 1. The van der Waals surface area contributed by atoms with Gasteiger partial charge in [0.05, 0.1) is 5.56 Å². The summed E-state index contributed by atoms with van der Waals surface area (Å²) in [7, 11) is 0. The number of fused-ring (bicyclic) bond motifs is 1. The highest BCUT2D eigenvalue weighted by Gasteiger charge is 2.24. The van der Waals surface area contributed by atoms with E-state index in [4.69, 9.17) is 4.74 Å². The molecule has 0 fully saturated rings. The Kier molecular flexibility index (Phi) is 12.1. The molecule has 0 spiro atoms. The molecule has 4 heteroatoms. The van der Waals surface area contributed by atoms with Gasteiger partial charge in [-0.2, -0.15) is 0 Å². The number of rotatable bonds is 15. The van der Waals surface area contributed by atoms with E-state index in [0.717, 1.165) is 38.5 Å². The van der Waals surface area contributed by atoms with Crippen LogP contribution in [0.2, 0.25) is 0 Å². The molecule has 32 heavy (non-hydrogen) atoms. The third-order valence-corrected chi connectivity index (χ3v) is 5.48. The summed E-state index contributed by atoms with van der Waals surface area (Å²) in [6, 6.07) is 4.78. The maximum absolute atomic E-state index is 12.2. The number of carbonyl (C=O) groups excluding carboxylic acids is 3. The number of carbonyl (C=O) groups is 3. The van der Waals surface area contributed by atoms with Crippen LogP contribution in [0.5, 0.6) is 5.75 Å². The molecule has 1 aliphatic carbocycles. The molecular weight excluding hydrogens is 400 g/mol. The molecule has 2 rings (SSSR count). The molecule has 0 aliphatic heterocycles. The summed E-state index contributed by atoms with van der Waals surface area (Å²) >= 11 is 0. The fourth-order valence-electron chi connectivity index (χ4n) is 3.65. The number of ketones is 2. The monoisotopic (exact) mass is 436 g/mol. The molecule has 4 nitrogen and oxygen atoms in total. The molecule has 0 amide bonds. The van der Waals surface area contributed by atoms with Gasteiger partial charge >= 0.3 is 5.97 Å². The van der Waals surface area contributed by atoms with Crippen LogP contribution in [-0.2, 0) is 4.79 Å². The van der Waals surface area contributed by atoms with Gasteiger partial charge in [-0.15, -0.1) is 0 Å². The molecule has 0 heterocycles. The highest BCUT2D eigenvalue weighted by Crippen LogP contribution is 2.27. The first kappa shape index (κ1) is 25.5. The third-order valence-electron chi connectivity index (χ3n) is 5.48. The molecule has 0 saturated carbocycles. The van der Waals surface area contributed by atoms with Gasteiger partial charge < -0.3 is 4.74 Å². The number of esters is 1. The number of benzene rings is 1. The molecule has 0 aromatic heterocycles. The second-order valence-corrected chi connectivity index (χ2v) is 8.20. The molecule has 172 valence electrons. The van der Waals surface area contributed by atoms with Gasteiger partial charge in [0.25, 0.3) is 0 Å². The fraction of sp³-hybridized carbons (Fsp3) is 0.464. The van der Waals surface area contributed by atoms with Crippen LogP contribution in [0.25, 0.3) is 0 Å². The molecular formula is C28H36O4. The molecule has 0 bridgehead atoms. The third kappa shape index (κ3) is 9.17. The number of unbranched alkanes of at least 4 members (excludes halogenated alkanes) is 8. The number of allylic oxidation sites excluding steroid dienone is 6. The standard InChI is InChI=1S/C28H36O4/c1-2-3-4-5-6-7-8-9-10-11-12-13-14-15-16-20-27(31)32-26-19-17-18-23-24(29)21-22-25(30)28(23)26/h6-7,9-10,17-19,21-22H,2-5,8,11-16,20H2,1H3/b7-6-,10-9-. The zero-order valence-corrected chi connectivity index (χ0v) is 19.3. The molecule has 0 N–H and O–H groups in total. The highest BCUT2D eigenvalue weighted by atomic mass is 16.5. The van der Waals surface area contributed by atoms with Gasteiger partial charge in [-0.3, -0.25) is 14.4 Å². The topological polar surface area (TPSA) is 60.4 Å². The maximum atomic E-state index is 12.2. The van der Waals surface area contributed by atoms with E-state index >= 15 is 0 Å². The van der Waals surface area contributed by atoms with Crippen molar-refractivity contribution in [3.63, 3.8) is 0 Å². The van der Waals surface area contributed by atoms with Crippen LogP contribution < -0.4 is 4.74 Å². The van der Waals surface area contributed by atoms with Gasteiger partial charge in [0.15, 0.2) is 11.6 Å². The zero-order chi connectivity index (χ0) is 23.0. The quantitative estimate of drug-likeness (QED) is 0.125. The number of hydrogen-bond donors (Lipinski definition) is 0. The first-order valence-electron chi connectivity index (χ1n) is 12.0. The molecule has 1 aromatic carbocycles. The largest absolute Gasteiger partial charge is 0.426 e. The van der Waals surface area contributed by atoms with Gasteiger partial charge in [-0.25, -0.2) is 0 Å². The van der Waals surface area contributed by atoms with E-state index in [-0.39, 0.29) is 28.8 Å². The Balaban J connectivity index is 1.54. The molecule has 1 aliphatic rings. The van der Waals surface area contributed by atoms with Gasteiger partial charge in [0, 0.05) is 12.0 Å². The van der Waals surface area contributed by atoms with Crippen molar-refractivity contribution in [2.24, 2.45) is 0 Å². The number of hydrogen-bond acceptors (Lipinski definition) is 4. The van der Waals surface area contributed by atoms with Gasteiger partial charge in [0.2, 0.25) is 0 Å². The Bertz CT molecular complexity index is 845. The first-order chi connectivity index (χ1) is 15.6. The summed E-state index contributed by atoms with van der Waals surface area (Å²) in [4.78, 5) is 36.2. The van der Waals surface area contributed by atoms with Crippen LogP contribution in [0.15, 0.2) is 54.7 Å². The Morgan fingerprint density at radius 1 is 0.812 bits per heavy atom. The smallest absolute Gasteiger partial charge is 0.311 e. The van der Waals surface area contributed by atoms with Crippen LogP contribution in [0.4, 0.5) is 0 Å². The zero-order valence-electron chi connectivity index (χ0n) is 19.3. The normalized spacial score (nSPS) is 13.3. The van der Waals surface area contributed by atoms with E-state index in [9.17, 15) is 14.4 Å². The minimum Gasteiger partial charge on any atom is -0.426 e. The average molecular weight is 437 g/mol. The molecule has 1 aromatic rings. The molecule has 0 unspecified atom stereocenters. The van der Waals surface area contributed by atoms with E-state index in [1.807, 2.05) is 0 Å². The summed E-state index contributed by atoms with van der Waals surface area (Å²) in [6.45, 7) is 2.23. The van der Waals surface area contributed by atoms with E-state index in [1.165, 1.54) is 44.3 Å². The van der Waals surface area contributed by atoms with Gasteiger partial charge in [-0.05, 0) is 56.7 Å². The summed E-state index contributed by atoms with van der Waals surface area (Å²) in [5.41, 5.74) is 0.480. The lowest BCUT2D eigenvalue weighted by Crippen LogP contribution is -2.16. The first-order valence-corrected chi connectivity index (χ1v) is 12.0. The minimum absolute atomic E-state index is 0.179. The lowest BCUT2D eigenvalue weighted by molar-refractivity contribution is -0.134. The minimum atomic E-state index is -0.362. The Labute approximate surface area is 192 Å². The van der Waals surface area contributed by atoms with Crippen molar-refractivity contribution in [2.75, 3.05) is 0 Å². The van der Waals surface area contributed by atoms with Crippen molar-refractivity contribution in [3.8, 4) is 5.75 Å². The van der Waals surface area contributed by atoms with Crippen molar-refractivity contribution < 1.29 is 19.1 Å². The molecule has 0 atom stereocenters. The summed E-state index contributed by atoms with van der Waals surface area (Å²) in [5, 5.41) is 0. The van der Waals surface area contributed by atoms with Gasteiger partial charge in [0.1, 0.15) is 5.75 Å². The summed E-state index contributed by atoms with van der Waals surface area (Å²) in [6.07, 6.45) is 24.2. The lowest BCUT2D eigenvalue weighted by Gasteiger charge is -2.13. The highest BCUT2D eigenvalue weighted by molar-refractivity contribution is 6.23. The van der Waals surface area contributed by atoms with Crippen molar-refractivity contribution >= 4 is 17.5 Å². The predicted octanol–water partition coefficient (Wildman–Crippen LogP) is 7.34. The second-order valence-electron chi connectivity index (χ2n) is 8.20. The van der Waals surface area contributed by atoms with Crippen molar-refractivity contribution in [2.45, 2.75) is 84.0 Å². The fourth-order valence-corrected chi connectivity index (χ4v) is 3.65. The SMILES string of the molecule is CCCCC/C=C\C/C=C\CCCCCCCC(=O)Oc1cccc2c1C(=O)C=CC2=O. The Hall–Kier alpha value is -2.75. The predicted molar refractivity (Wildman–Crippen MR) is 129 cm³/mol. The second kappa shape index (κ2) is 15.1. The van der Waals surface area contributed by atoms with Crippen LogP contribution in [0, 0.1) is 0 Å². The lowest BCUT2D eigenvalue weighted by atomic mass is 9.94. The van der Waals surface area contributed by atoms with Crippen LogP contribution >= 0.6 is 0 Å². The average Bonchev–Trinajstić information content (AvgIpc) is 2.79. The van der Waals surface area contributed by atoms with E-state index < -0.39 is 0 Å². The van der Waals surface area contributed by atoms with Crippen LogP contribution in [-0.4, -0.2) is 17.5 Å². The molecule has 0 saturated heterocycles. The Morgan fingerprint density at radius 3 is 2.22 bits per heavy atom. The van der Waals surface area contributed by atoms with Gasteiger partial charge in [-0.1, -0.05) is 75.5 Å². The maximum Gasteiger partial charge on any atom is 0.311 e.